The molecule has 7 heteroatoms. The Labute approximate surface area is 192 Å². The lowest BCUT2D eigenvalue weighted by atomic mass is 10.1. The summed E-state index contributed by atoms with van der Waals surface area (Å²) >= 11 is 7.77. The van der Waals surface area contributed by atoms with Crippen molar-refractivity contribution >= 4 is 67.2 Å². The number of benzene rings is 3. The molecule has 0 aliphatic carbocycles. The normalized spacial score (nSPS) is 11.1. The maximum atomic E-state index is 12.8. The number of amides is 2. The summed E-state index contributed by atoms with van der Waals surface area (Å²) in [4.78, 5) is 25.9. The summed E-state index contributed by atoms with van der Waals surface area (Å²) in [6, 6.07) is 22.1. The van der Waals surface area contributed by atoms with Gasteiger partial charge in [-0.3, -0.25) is 9.59 Å². The minimum absolute atomic E-state index is 0.238. The van der Waals surface area contributed by atoms with Gasteiger partial charge in [0.15, 0.2) is 5.76 Å². The van der Waals surface area contributed by atoms with Crippen LogP contribution in [0.5, 0.6) is 0 Å². The summed E-state index contributed by atoms with van der Waals surface area (Å²) in [5, 5.41) is 7.93. The first-order chi connectivity index (χ1) is 15.5. The van der Waals surface area contributed by atoms with Gasteiger partial charge in [-0.2, -0.15) is 0 Å². The fourth-order valence-electron chi connectivity index (χ4n) is 3.51. The number of hydrogen-bond acceptors (Lipinski definition) is 4. The Morgan fingerprint density at radius 3 is 2.47 bits per heavy atom. The number of fused-ring (bicyclic) bond motifs is 2. The average molecular weight is 461 g/mol. The van der Waals surface area contributed by atoms with Crippen molar-refractivity contribution in [2.45, 2.75) is 6.92 Å². The second-order valence-electron chi connectivity index (χ2n) is 7.33. The number of hydrogen-bond donors (Lipinski definition) is 2. The van der Waals surface area contributed by atoms with Crippen LogP contribution in [0.15, 0.2) is 77.2 Å². The van der Waals surface area contributed by atoms with Crippen LogP contribution in [-0.2, 0) is 0 Å². The molecular formula is C25H17ClN2O3S. The fourth-order valence-corrected chi connectivity index (χ4v) is 4.92. The number of nitrogens with one attached hydrogen (secondary N) is 2. The van der Waals surface area contributed by atoms with E-state index < -0.39 is 0 Å². The van der Waals surface area contributed by atoms with E-state index in [4.69, 9.17) is 16.0 Å². The molecule has 158 valence electrons. The fraction of sp³-hybridized carbons (Fsp3) is 0.0400. The van der Waals surface area contributed by atoms with Crippen molar-refractivity contribution in [2.75, 3.05) is 10.6 Å². The predicted octanol–water partition coefficient (Wildman–Crippen LogP) is 7.11. The van der Waals surface area contributed by atoms with E-state index in [0.29, 0.717) is 26.9 Å². The molecular weight excluding hydrogens is 444 g/mol. The van der Waals surface area contributed by atoms with Crippen LogP contribution in [0.4, 0.5) is 11.4 Å². The number of thiophene rings is 1. The summed E-state index contributed by atoms with van der Waals surface area (Å²) < 4.78 is 6.58. The largest absolute Gasteiger partial charge is 0.451 e. The third kappa shape index (κ3) is 3.75. The van der Waals surface area contributed by atoms with Crippen molar-refractivity contribution < 1.29 is 14.0 Å². The van der Waals surface area contributed by atoms with E-state index in [9.17, 15) is 9.59 Å². The molecule has 2 N–H and O–H groups in total. The van der Waals surface area contributed by atoms with Gasteiger partial charge in [-0.05, 0) is 48.9 Å². The number of furan rings is 1. The van der Waals surface area contributed by atoms with Crippen LogP contribution in [-0.4, -0.2) is 11.8 Å². The summed E-state index contributed by atoms with van der Waals surface area (Å²) in [5.41, 5.74) is 2.71. The molecule has 0 saturated carbocycles. The minimum Gasteiger partial charge on any atom is -0.451 e. The highest BCUT2D eigenvalue weighted by Crippen LogP contribution is 2.35. The smallest absolute Gasteiger partial charge is 0.291 e. The van der Waals surface area contributed by atoms with Gasteiger partial charge in [0.2, 0.25) is 0 Å². The Kier molecular flexibility index (Phi) is 5.17. The molecule has 3 aromatic carbocycles. The molecule has 5 rings (SSSR count). The number of halogens is 1. The molecule has 2 aromatic heterocycles. The molecule has 0 unspecified atom stereocenters. The maximum absolute atomic E-state index is 12.8. The number of carbonyl (C=O) groups excluding carboxylic acids is 2. The van der Waals surface area contributed by atoms with Crippen molar-refractivity contribution in [2.24, 2.45) is 0 Å². The molecule has 0 aliphatic rings. The monoisotopic (exact) mass is 460 g/mol. The van der Waals surface area contributed by atoms with Crippen molar-refractivity contribution in [3.8, 4) is 0 Å². The highest BCUT2D eigenvalue weighted by atomic mass is 35.5. The number of para-hydroxylation sites is 1. The molecule has 2 amide bonds. The van der Waals surface area contributed by atoms with Crippen LogP contribution in [0, 0.1) is 6.92 Å². The van der Waals surface area contributed by atoms with Crippen molar-refractivity contribution in [1.29, 1.82) is 0 Å². The Morgan fingerprint density at radius 2 is 1.69 bits per heavy atom. The number of rotatable bonds is 4. The topological polar surface area (TPSA) is 71.3 Å². The molecule has 5 aromatic rings. The standard InChI is InChI=1S/C25H17ClN2O3S/c1-14-12-16(27-25(30)23-22(26)17-7-3-5-9-21(17)32-23)10-11-18(14)28-24(29)20-13-15-6-2-4-8-19(15)31-20/h2-13H,1H3,(H,27,30)(H,28,29). The van der Waals surface area contributed by atoms with Crippen LogP contribution >= 0.6 is 22.9 Å². The third-order valence-corrected chi connectivity index (χ3v) is 6.80. The van der Waals surface area contributed by atoms with Gasteiger partial charge in [0.1, 0.15) is 10.5 Å². The molecule has 0 spiro atoms. The Balaban J connectivity index is 1.33. The Morgan fingerprint density at radius 1 is 0.906 bits per heavy atom. The van der Waals surface area contributed by atoms with Crippen LogP contribution in [0.25, 0.3) is 21.1 Å². The first-order valence-electron chi connectivity index (χ1n) is 9.88. The van der Waals surface area contributed by atoms with E-state index in [-0.39, 0.29) is 17.6 Å². The van der Waals surface area contributed by atoms with Gasteiger partial charge < -0.3 is 15.1 Å². The SMILES string of the molecule is Cc1cc(NC(=O)c2sc3ccccc3c2Cl)ccc1NC(=O)c1cc2ccccc2o1. The zero-order valence-electron chi connectivity index (χ0n) is 16.9. The highest BCUT2D eigenvalue weighted by Gasteiger charge is 2.18. The van der Waals surface area contributed by atoms with Crippen LogP contribution in [0.2, 0.25) is 5.02 Å². The Bertz CT molecular complexity index is 1470. The first kappa shape index (κ1) is 20.3. The molecule has 0 saturated heterocycles. The van der Waals surface area contributed by atoms with Crippen LogP contribution < -0.4 is 10.6 Å². The van der Waals surface area contributed by atoms with E-state index in [1.165, 1.54) is 11.3 Å². The molecule has 0 atom stereocenters. The molecule has 0 fully saturated rings. The van der Waals surface area contributed by atoms with Gasteiger partial charge in [0.05, 0.1) is 5.02 Å². The minimum atomic E-state index is -0.335. The Hall–Kier alpha value is -3.61. The van der Waals surface area contributed by atoms with E-state index in [0.717, 1.165) is 21.0 Å². The molecule has 0 bridgehead atoms. The molecule has 2 heterocycles. The van der Waals surface area contributed by atoms with Gasteiger partial charge in [-0.1, -0.05) is 48.0 Å². The predicted molar refractivity (Wildman–Crippen MR) is 130 cm³/mol. The van der Waals surface area contributed by atoms with Crippen molar-refractivity contribution in [1.82, 2.24) is 0 Å². The summed E-state index contributed by atoms with van der Waals surface area (Å²) in [5.74, 6) is -0.366. The molecule has 0 radical (unpaired) electrons. The number of anilines is 2. The summed E-state index contributed by atoms with van der Waals surface area (Å²) in [7, 11) is 0. The molecule has 0 aliphatic heterocycles. The van der Waals surface area contributed by atoms with E-state index >= 15 is 0 Å². The van der Waals surface area contributed by atoms with E-state index in [2.05, 4.69) is 10.6 Å². The third-order valence-electron chi connectivity index (χ3n) is 5.12. The van der Waals surface area contributed by atoms with Gasteiger partial charge >= 0.3 is 0 Å². The lowest BCUT2D eigenvalue weighted by molar-refractivity contribution is 0.0996. The summed E-state index contributed by atoms with van der Waals surface area (Å²) in [6.45, 7) is 1.86. The second kappa shape index (κ2) is 8.15. The highest BCUT2D eigenvalue weighted by molar-refractivity contribution is 7.21. The zero-order valence-corrected chi connectivity index (χ0v) is 18.5. The first-order valence-corrected chi connectivity index (χ1v) is 11.1. The lowest BCUT2D eigenvalue weighted by Crippen LogP contribution is -2.13. The summed E-state index contributed by atoms with van der Waals surface area (Å²) in [6.07, 6.45) is 0. The van der Waals surface area contributed by atoms with Gasteiger partial charge in [-0.25, -0.2) is 0 Å². The van der Waals surface area contributed by atoms with Gasteiger partial charge in [0, 0.05) is 26.8 Å². The van der Waals surface area contributed by atoms with Crippen LogP contribution in [0.3, 0.4) is 0 Å². The zero-order chi connectivity index (χ0) is 22.2. The number of carbonyl (C=O) groups is 2. The maximum Gasteiger partial charge on any atom is 0.291 e. The van der Waals surface area contributed by atoms with Gasteiger partial charge in [0.25, 0.3) is 11.8 Å². The average Bonchev–Trinajstić information content (AvgIpc) is 3.37. The lowest BCUT2D eigenvalue weighted by Gasteiger charge is -2.10. The molecule has 5 nitrogen and oxygen atoms in total. The quantitative estimate of drug-likeness (QED) is 0.300. The van der Waals surface area contributed by atoms with E-state index in [1.54, 1.807) is 24.3 Å². The van der Waals surface area contributed by atoms with Crippen LogP contribution in [0.1, 0.15) is 25.8 Å². The van der Waals surface area contributed by atoms with Gasteiger partial charge in [-0.15, -0.1) is 11.3 Å². The number of aryl methyl sites for hydroxylation is 1. The van der Waals surface area contributed by atoms with E-state index in [1.807, 2.05) is 55.5 Å². The molecule has 32 heavy (non-hydrogen) atoms. The van der Waals surface area contributed by atoms with Crippen molar-refractivity contribution in [3.63, 3.8) is 0 Å². The second-order valence-corrected chi connectivity index (χ2v) is 8.76. The van der Waals surface area contributed by atoms with Crippen molar-refractivity contribution in [3.05, 3.63) is 94.0 Å².